The van der Waals surface area contributed by atoms with E-state index in [1.807, 2.05) is 6.07 Å². The number of pyridine rings is 1. The number of para-hydroxylation sites is 1. The lowest BCUT2D eigenvalue weighted by molar-refractivity contribution is -0.137. The summed E-state index contributed by atoms with van der Waals surface area (Å²) in [7, 11) is 0. The van der Waals surface area contributed by atoms with Gasteiger partial charge in [-0.1, -0.05) is 24.3 Å². The number of rotatable bonds is 7. The quantitative estimate of drug-likeness (QED) is 0.443. The highest BCUT2D eigenvalue weighted by molar-refractivity contribution is 6.06. The minimum atomic E-state index is -4.61. The van der Waals surface area contributed by atoms with Gasteiger partial charge in [0, 0.05) is 44.1 Å². The van der Waals surface area contributed by atoms with Gasteiger partial charge in [-0.05, 0) is 54.3 Å². The maximum Gasteiger partial charge on any atom is 0.418 e. The van der Waals surface area contributed by atoms with E-state index in [0.717, 1.165) is 22.2 Å². The minimum Gasteiger partial charge on any atom is -0.366 e. The molecule has 1 fully saturated rings. The predicted molar refractivity (Wildman–Crippen MR) is 144 cm³/mol. The largest absolute Gasteiger partial charge is 0.418 e. The number of primary amides is 1. The van der Waals surface area contributed by atoms with Crippen LogP contribution in [0.25, 0.3) is 0 Å². The monoisotopic (exact) mass is 569 g/mol. The van der Waals surface area contributed by atoms with Crippen molar-refractivity contribution in [3.8, 4) is 0 Å². The molecule has 7 nitrogen and oxygen atoms in total. The van der Waals surface area contributed by atoms with E-state index in [-0.39, 0.29) is 36.1 Å². The van der Waals surface area contributed by atoms with Crippen molar-refractivity contribution >= 4 is 42.3 Å². The minimum absolute atomic E-state index is 0. The van der Waals surface area contributed by atoms with Gasteiger partial charge in [0.15, 0.2) is 0 Å². The van der Waals surface area contributed by atoms with Gasteiger partial charge in [-0.15, -0.1) is 24.8 Å². The summed E-state index contributed by atoms with van der Waals surface area (Å²) < 4.78 is 41.5. The summed E-state index contributed by atoms with van der Waals surface area (Å²) >= 11 is 0. The Morgan fingerprint density at radius 1 is 0.921 bits per heavy atom. The highest BCUT2D eigenvalue weighted by atomic mass is 35.5. The van der Waals surface area contributed by atoms with Gasteiger partial charge in [-0.25, -0.2) is 10.0 Å². The summed E-state index contributed by atoms with van der Waals surface area (Å²) in [5.41, 5.74) is 6.49. The molecule has 38 heavy (non-hydrogen) atoms. The first-order valence-electron chi connectivity index (χ1n) is 11.5. The van der Waals surface area contributed by atoms with Crippen molar-refractivity contribution in [2.45, 2.75) is 19.0 Å². The van der Waals surface area contributed by atoms with Crippen LogP contribution in [0.15, 0.2) is 67.0 Å². The van der Waals surface area contributed by atoms with Crippen molar-refractivity contribution in [2.24, 2.45) is 5.73 Å². The number of piperazine rings is 1. The Morgan fingerprint density at radius 2 is 1.58 bits per heavy atom. The molecule has 3 aromatic rings. The van der Waals surface area contributed by atoms with Crippen LogP contribution in [0.4, 0.5) is 18.9 Å². The average molecular weight is 570 g/mol. The van der Waals surface area contributed by atoms with E-state index in [9.17, 15) is 22.8 Å². The molecule has 0 bridgehead atoms. The van der Waals surface area contributed by atoms with Gasteiger partial charge >= 0.3 is 6.18 Å². The second kappa shape index (κ2) is 13.6. The van der Waals surface area contributed by atoms with Crippen LogP contribution in [0.1, 0.15) is 37.4 Å². The third kappa shape index (κ3) is 7.44. The van der Waals surface area contributed by atoms with Gasteiger partial charge in [-0.3, -0.25) is 14.6 Å². The standard InChI is InChI=1S/C26H26F3N5O2.2ClH/c27-26(28,29)22-6-1-2-7-23(22)34(33-12-10-31-11-13-33)25(36)20-5-3-4-18(14-20)8-9-19-15-21(24(30)35)17-32-16-19;;/h1-7,14-17,31H,8-13H2,(H2,30,35);2*1H. The number of carbonyl (C=O) groups excluding carboxylic acids is 2. The van der Waals surface area contributed by atoms with Crippen LogP contribution >= 0.6 is 24.8 Å². The number of hydrogen-bond donors (Lipinski definition) is 2. The van der Waals surface area contributed by atoms with Crippen LogP contribution in [0, 0.1) is 0 Å². The normalized spacial score (nSPS) is 13.7. The van der Waals surface area contributed by atoms with Gasteiger partial charge in [0.1, 0.15) is 0 Å². The van der Waals surface area contributed by atoms with Gasteiger partial charge < -0.3 is 11.1 Å². The van der Waals surface area contributed by atoms with Gasteiger partial charge in [0.05, 0.1) is 16.8 Å². The smallest absolute Gasteiger partial charge is 0.366 e. The number of amides is 2. The Hall–Kier alpha value is -3.18. The second-order valence-electron chi connectivity index (χ2n) is 8.48. The zero-order valence-corrected chi connectivity index (χ0v) is 21.9. The van der Waals surface area contributed by atoms with Crippen LogP contribution in [-0.4, -0.2) is 48.0 Å². The fourth-order valence-corrected chi connectivity index (χ4v) is 4.17. The molecule has 0 aliphatic carbocycles. The van der Waals surface area contributed by atoms with Crippen LogP contribution in [0.3, 0.4) is 0 Å². The maximum atomic E-state index is 13.8. The fraction of sp³-hybridized carbons (Fsp3) is 0.269. The molecule has 0 atom stereocenters. The molecule has 2 heterocycles. The van der Waals surface area contributed by atoms with E-state index in [4.69, 9.17) is 5.73 Å². The van der Waals surface area contributed by atoms with Crippen molar-refractivity contribution in [3.63, 3.8) is 0 Å². The number of aryl methyl sites for hydroxylation is 2. The molecule has 0 spiro atoms. The number of nitrogens with two attached hydrogens (primary N) is 1. The van der Waals surface area contributed by atoms with Crippen LogP contribution in [0.2, 0.25) is 0 Å². The number of aromatic nitrogens is 1. The number of hydrogen-bond acceptors (Lipinski definition) is 5. The Kier molecular flexibility index (Phi) is 11.1. The van der Waals surface area contributed by atoms with E-state index in [1.165, 1.54) is 24.4 Å². The SMILES string of the molecule is Cl.Cl.NC(=O)c1cncc(CCc2cccc(C(=O)N(c3ccccc3C(F)(F)F)N3CCNCC3)c2)c1. The Balaban J connectivity index is 0.00000253. The number of carbonyl (C=O) groups is 2. The van der Waals surface area contributed by atoms with Gasteiger partial charge in [-0.2, -0.15) is 13.2 Å². The van der Waals surface area contributed by atoms with Crippen molar-refractivity contribution < 1.29 is 22.8 Å². The lowest BCUT2D eigenvalue weighted by atomic mass is 10.0. The molecule has 0 radical (unpaired) electrons. The van der Waals surface area contributed by atoms with Gasteiger partial charge in [0.25, 0.3) is 5.91 Å². The summed E-state index contributed by atoms with van der Waals surface area (Å²) in [5, 5.41) is 5.97. The summed E-state index contributed by atoms with van der Waals surface area (Å²) in [6, 6.07) is 13.7. The zero-order valence-electron chi connectivity index (χ0n) is 20.3. The highest BCUT2D eigenvalue weighted by Crippen LogP contribution is 2.37. The summed E-state index contributed by atoms with van der Waals surface area (Å²) in [6.07, 6.45) is -0.489. The zero-order chi connectivity index (χ0) is 25.7. The van der Waals surface area contributed by atoms with E-state index in [1.54, 1.807) is 35.5 Å². The molecule has 3 N–H and O–H groups in total. The summed E-state index contributed by atoms with van der Waals surface area (Å²) in [5.74, 6) is -1.10. The first-order valence-corrected chi connectivity index (χ1v) is 11.5. The van der Waals surface area contributed by atoms with Crippen molar-refractivity contribution in [3.05, 3.63) is 94.8 Å². The lowest BCUT2D eigenvalue weighted by Crippen LogP contribution is -2.55. The third-order valence-corrected chi connectivity index (χ3v) is 5.96. The lowest BCUT2D eigenvalue weighted by Gasteiger charge is -2.38. The molecule has 204 valence electrons. The Labute approximate surface area is 231 Å². The summed E-state index contributed by atoms with van der Waals surface area (Å²) in [6.45, 7) is 1.88. The van der Waals surface area contributed by atoms with Gasteiger partial charge in [0.2, 0.25) is 5.91 Å². The number of nitrogens with one attached hydrogen (secondary N) is 1. The summed E-state index contributed by atoms with van der Waals surface area (Å²) in [4.78, 5) is 29.1. The maximum absolute atomic E-state index is 13.8. The number of alkyl halides is 3. The third-order valence-electron chi connectivity index (χ3n) is 5.96. The number of benzene rings is 2. The molecular formula is C26H28Cl2F3N5O2. The highest BCUT2D eigenvalue weighted by Gasteiger charge is 2.38. The fourth-order valence-electron chi connectivity index (χ4n) is 4.17. The van der Waals surface area contributed by atoms with Crippen LogP contribution < -0.4 is 16.1 Å². The molecule has 4 rings (SSSR count). The van der Waals surface area contributed by atoms with Crippen molar-refractivity contribution in [2.75, 3.05) is 31.2 Å². The van der Waals surface area contributed by atoms with E-state index >= 15 is 0 Å². The number of halogens is 5. The number of nitrogens with zero attached hydrogens (tertiary/aromatic N) is 3. The Bertz CT molecular complexity index is 1250. The molecule has 1 saturated heterocycles. The molecule has 0 unspecified atom stereocenters. The van der Waals surface area contributed by atoms with E-state index in [0.29, 0.717) is 44.6 Å². The van der Waals surface area contributed by atoms with E-state index < -0.39 is 23.6 Å². The topological polar surface area (TPSA) is 91.6 Å². The first-order chi connectivity index (χ1) is 17.2. The molecule has 2 amide bonds. The number of hydrazine groups is 1. The molecule has 1 aliphatic rings. The average Bonchev–Trinajstić information content (AvgIpc) is 2.88. The van der Waals surface area contributed by atoms with Crippen LogP contribution in [-0.2, 0) is 19.0 Å². The predicted octanol–water partition coefficient (Wildman–Crippen LogP) is 4.30. The van der Waals surface area contributed by atoms with Crippen molar-refractivity contribution in [1.82, 2.24) is 15.3 Å². The molecular weight excluding hydrogens is 542 g/mol. The first kappa shape index (κ1) is 31.0. The Morgan fingerprint density at radius 3 is 2.26 bits per heavy atom. The molecule has 2 aromatic carbocycles. The molecule has 12 heteroatoms. The molecule has 1 aliphatic heterocycles. The number of anilines is 1. The van der Waals surface area contributed by atoms with Crippen LogP contribution in [0.5, 0.6) is 0 Å². The second-order valence-corrected chi connectivity index (χ2v) is 8.48. The molecule has 1 aromatic heterocycles. The van der Waals surface area contributed by atoms with Crippen molar-refractivity contribution in [1.29, 1.82) is 0 Å². The van der Waals surface area contributed by atoms with E-state index in [2.05, 4.69) is 10.3 Å². The molecule has 0 saturated carbocycles.